The fourth-order valence-electron chi connectivity index (χ4n) is 2.42. The minimum absolute atomic E-state index is 0.130. The molecule has 0 unspecified atom stereocenters. The molecule has 0 spiro atoms. The molecule has 20 heavy (non-hydrogen) atoms. The maximum atomic E-state index is 8.82. The Labute approximate surface area is 121 Å². The lowest BCUT2D eigenvalue weighted by Crippen LogP contribution is -2.37. The predicted octanol–water partition coefficient (Wildman–Crippen LogP) is 4.05. The minimum atomic E-state index is 0.130. The third kappa shape index (κ3) is 3.62. The number of rotatable bonds is 4. The average molecular weight is 267 g/mol. The third-order valence-corrected chi connectivity index (χ3v) is 3.20. The topological polar surface area (TPSA) is 50.8 Å². The van der Waals surface area contributed by atoms with Crippen molar-refractivity contribution in [2.75, 3.05) is 4.90 Å². The highest BCUT2D eigenvalue weighted by Gasteiger charge is 2.14. The molecule has 0 aliphatic heterocycles. The fraction of sp³-hybridized carbons (Fsp3) is 0.412. The summed E-state index contributed by atoms with van der Waals surface area (Å²) in [5, 5.41) is 17.6. The van der Waals surface area contributed by atoms with E-state index in [2.05, 4.69) is 38.7 Å². The first kappa shape index (κ1) is 15.8. The Kier molecular flexibility index (Phi) is 5.35. The monoisotopic (exact) mass is 267 g/mol. The second-order valence-corrected chi connectivity index (χ2v) is 5.42. The van der Waals surface area contributed by atoms with Crippen LogP contribution in [0.4, 0.5) is 5.69 Å². The molecule has 0 aliphatic carbocycles. The van der Waals surface area contributed by atoms with Crippen LogP contribution < -0.4 is 4.90 Å². The first-order valence-electron chi connectivity index (χ1n) is 6.81. The maximum Gasteiger partial charge on any atom is 0.130 e. The van der Waals surface area contributed by atoms with Crippen molar-refractivity contribution in [3.63, 3.8) is 0 Å². The summed E-state index contributed by atoms with van der Waals surface area (Å²) < 4.78 is 0. The van der Waals surface area contributed by atoms with E-state index < -0.39 is 0 Å². The van der Waals surface area contributed by atoms with Crippen LogP contribution in [0.3, 0.4) is 0 Å². The smallest absolute Gasteiger partial charge is 0.130 e. The summed E-state index contributed by atoms with van der Waals surface area (Å²) in [6.45, 7) is 10.7. The molecule has 3 nitrogen and oxygen atoms in total. The number of allylic oxidation sites excluding steroid dienone is 1. The van der Waals surface area contributed by atoms with Crippen LogP contribution in [0.5, 0.6) is 0 Å². The molecule has 0 heterocycles. The third-order valence-electron chi connectivity index (χ3n) is 3.20. The Morgan fingerprint density at radius 1 is 1.10 bits per heavy atom. The lowest BCUT2D eigenvalue weighted by Gasteiger charge is -2.33. The lowest BCUT2D eigenvalue weighted by atomic mass is 10.0. The molecule has 0 fully saturated rings. The summed E-state index contributed by atoms with van der Waals surface area (Å²) in [7, 11) is 0. The summed E-state index contributed by atoms with van der Waals surface area (Å²) in [5.41, 5.74) is 3.28. The molecule has 0 aliphatic rings. The lowest BCUT2D eigenvalue weighted by molar-refractivity contribution is 0.608. The van der Waals surface area contributed by atoms with Gasteiger partial charge in [-0.15, -0.1) is 0 Å². The van der Waals surface area contributed by atoms with E-state index >= 15 is 0 Å². The molecule has 0 radical (unpaired) electrons. The molecule has 1 aromatic carbocycles. The first-order chi connectivity index (χ1) is 9.40. The van der Waals surface area contributed by atoms with Gasteiger partial charge in [-0.05, 0) is 64.0 Å². The highest BCUT2D eigenvalue weighted by atomic mass is 15.2. The molecule has 0 saturated carbocycles. The molecule has 1 aromatic rings. The van der Waals surface area contributed by atoms with Crippen LogP contribution in [0.15, 0.2) is 23.8 Å². The number of benzene rings is 1. The van der Waals surface area contributed by atoms with Gasteiger partial charge in [0, 0.05) is 17.8 Å². The Morgan fingerprint density at radius 3 is 2.05 bits per heavy atom. The normalized spacial score (nSPS) is 10.1. The van der Waals surface area contributed by atoms with E-state index in [1.807, 2.05) is 31.2 Å². The van der Waals surface area contributed by atoms with E-state index in [0.717, 1.165) is 11.1 Å². The van der Waals surface area contributed by atoms with Gasteiger partial charge in [0.2, 0.25) is 0 Å². The summed E-state index contributed by atoms with van der Waals surface area (Å²) in [5.74, 6) is 0. The standard InChI is InChI=1S/C17H21N3/c1-12(2)20(13(3)4)17-7-6-16(14(5)8-17)9-15(10-18)11-19/h6-9,12-13H,1-5H3. The molecular formula is C17H21N3. The molecule has 0 amide bonds. The van der Waals surface area contributed by atoms with Crippen LogP contribution in [0.1, 0.15) is 38.8 Å². The van der Waals surface area contributed by atoms with Gasteiger partial charge in [0.15, 0.2) is 0 Å². The zero-order chi connectivity index (χ0) is 15.3. The number of aryl methyl sites for hydroxylation is 1. The van der Waals surface area contributed by atoms with Crippen molar-refractivity contribution >= 4 is 11.8 Å². The van der Waals surface area contributed by atoms with Gasteiger partial charge in [0.1, 0.15) is 17.7 Å². The molecule has 0 bridgehead atoms. The zero-order valence-corrected chi connectivity index (χ0v) is 12.8. The summed E-state index contributed by atoms with van der Waals surface area (Å²) in [4.78, 5) is 2.34. The minimum Gasteiger partial charge on any atom is -0.367 e. The van der Waals surface area contributed by atoms with E-state index in [-0.39, 0.29) is 5.57 Å². The molecule has 1 rings (SSSR count). The van der Waals surface area contributed by atoms with E-state index in [4.69, 9.17) is 10.5 Å². The van der Waals surface area contributed by atoms with Gasteiger partial charge in [-0.3, -0.25) is 0 Å². The average Bonchev–Trinajstić information content (AvgIpc) is 2.37. The van der Waals surface area contributed by atoms with Crippen molar-refractivity contribution in [2.45, 2.75) is 46.7 Å². The number of nitrogens with zero attached hydrogens (tertiary/aromatic N) is 3. The highest BCUT2D eigenvalue weighted by molar-refractivity contribution is 5.67. The van der Waals surface area contributed by atoms with E-state index in [1.54, 1.807) is 6.08 Å². The quantitative estimate of drug-likeness (QED) is 0.773. The van der Waals surface area contributed by atoms with Crippen LogP contribution >= 0.6 is 0 Å². The second-order valence-electron chi connectivity index (χ2n) is 5.42. The Balaban J connectivity index is 3.21. The van der Waals surface area contributed by atoms with E-state index in [1.165, 1.54) is 5.69 Å². The van der Waals surface area contributed by atoms with Gasteiger partial charge in [0.25, 0.3) is 0 Å². The highest BCUT2D eigenvalue weighted by Crippen LogP contribution is 2.24. The first-order valence-corrected chi connectivity index (χ1v) is 6.81. The van der Waals surface area contributed by atoms with Crippen molar-refractivity contribution in [2.24, 2.45) is 0 Å². The zero-order valence-electron chi connectivity index (χ0n) is 12.8. The number of anilines is 1. The Hall–Kier alpha value is -2.26. The molecule has 3 heteroatoms. The van der Waals surface area contributed by atoms with Crippen molar-refractivity contribution in [3.8, 4) is 12.1 Å². The molecular weight excluding hydrogens is 246 g/mol. The largest absolute Gasteiger partial charge is 0.367 e. The fourth-order valence-corrected chi connectivity index (χ4v) is 2.42. The van der Waals surface area contributed by atoms with Crippen LogP contribution in [-0.2, 0) is 0 Å². The second kappa shape index (κ2) is 6.78. The van der Waals surface area contributed by atoms with Crippen molar-refractivity contribution in [3.05, 3.63) is 34.9 Å². The molecule has 0 N–H and O–H groups in total. The van der Waals surface area contributed by atoms with Crippen molar-refractivity contribution in [1.82, 2.24) is 0 Å². The van der Waals surface area contributed by atoms with Gasteiger partial charge in [-0.25, -0.2) is 0 Å². The number of hydrogen-bond acceptors (Lipinski definition) is 3. The van der Waals surface area contributed by atoms with Crippen LogP contribution in [-0.4, -0.2) is 12.1 Å². The van der Waals surface area contributed by atoms with Crippen LogP contribution in [0.2, 0.25) is 0 Å². The Morgan fingerprint density at radius 2 is 1.65 bits per heavy atom. The predicted molar refractivity (Wildman–Crippen MR) is 83.1 cm³/mol. The van der Waals surface area contributed by atoms with Crippen LogP contribution in [0.25, 0.3) is 6.08 Å². The van der Waals surface area contributed by atoms with Crippen molar-refractivity contribution in [1.29, 1.82) is 10.5 Å². The molecule has 0 aromatic heterocycles. The Bertz CT molecular complexity index is 559. The molecule has 0 saturated heterocycles. The van der Waals surface area contributed by atoms with Gasteiger partial charge in [-0.2, -0.15) is 10.5 Å². The summed E-state index contributed by atoms with van der Waals surface area (Å²) in [6, 6.07) is 10.7. The number of nitriles is 2. The maximum absolute atomic E-state index is 8.82. The summed E-state index contributed by atoms with van der Waals surface area (Å²) in [6.07, 6.45) is 1.63. The van der Waals surface area contributed by atoms with Gasteiger partial charge >= 0.3 is 0 Å². The summed E-state index contributed by atoms with van der Waals surface area (Å²) >= 11 is 0. The van der Waals surface area contributed by atoms with Gasteiger partial charge in [0.05, 0.1) is 0 Å². The van der Waals surface area contributed by atoms with E-state index in [0.29, 0.717) is 12.1 Å². The van der Waals surface area contributed by atoms with Gasteiger partial charge in [-0.1, -0.05) is 6.07 Å². The van der Waals surface area contributed by atoms with Crippen LogP contribution in [0, 0.1) is 29.6 Å². The SMILES string of the molecule is Cc1cc(N(C(C)C)C(C)C)ccc1C=C(C#N)C#N. The van der Waals surface area contributed by atoms with Crippen molar-refractivity contribution < 1.29 is 0 Å². The molecule has 104 valence electrons. The van der Waals surface area contributed by atoms with E-state index in [9.17, 15) is 0 Å². The molecule has 0 atom stereocenters. The van der Waals surface area contributed by atoms with Gasteiger partial charge < -0.3 is 4.90 Å². The number of hydrogen-bond donors (Lipinski definition) is 0.